The Bertz CT molecular complexity index is 993. The lowest BCUT2D eigenvalue weighted by Gasteiger charge is -2.37. The number of amides is 2. The summed E-state index contributed by atoms with van der Waals surface area (Å²) in [7, 11) is 0. The summed E-state index contributed by atoms with van der Waals surface area (Å²) in [5.74, 6) is 1.34. The van der Waals surface area contributed by atoms with Crippen LogP contribution in [0.3, 0.4) is 0 Å². The monoisotopic (exact) mass is 452 g/mol. The Morgan fingerprint density at radius 3 is 2.48 bits per heavy atom. The molecule has 33 heavy (non-hydrogen) atoms. The van der Waals surface area contributed by atoms with Crippen molar-refractivity contribution in [3.8, 4) is 5.69 Å². The van der Waals surface area contributed by atoms with E-state index in [2.05, 4.69) is 41.8 Å². The van der Waals surface area contributed by atoms with Crippen molar-refractivity contribution in [3.63, 3.8) is 0 Å². The predicted molar refractivity (Wildman–Crippen MR) is 128 cm³/mol. The molecule has 0 saturated carbocycles. The van der Waals surface area contributed by atoms with Gasteiger partial charge in [-0.15, -0.1) is 5.10 Å². The summed E-state index contributed by atoms with van der Waals surface area (Å²) >= 11 is 0. The molecule has 2 aromatic rings. The predicted octanol–water partition coefficient (Wildman–Crippen LogP) is 2.86. The smallest absolute Gasteiger partial charge is 0.293 e. The zero-order valence-corrected chi connectivity index (χ0v) is 20.3. The van der Waals surface area contributed by atoms with Gasteiger partial charge in [-0.05, 0) is 50.7 Å². The van der Waals surface area contributed by atoms with E-state index >= 15 is 0 Å². The van der Waals surface area contributed by atoms with Crippen LogP contribution in [0.25, 0.3) is 5.69 Å². The average Bonchev–Trinajstić information content (AvgIpc) is 3.20. The molecular formula is C25H36N6O2. The molecule has 0 N–H and O–H groups in total. The quantitative estimate of drug-likeness (QED) is 0.697. The second kappa shape index (κ2) is 10.0. The third-order valence-corrected chi connectivity index (χ3v) is 6.89. The highest BCUT2D eigenvalue weighted by Gasteiger charge is 2.29. The van der Waals surface area contributed by atoms with Crippen molar-refractivity contribution in [1.29, 1.82) is 0 Å². The number of para-hydroxylation sites is 1. The van der Waals surface area contributed by atoms with Gasteiger partial charge >= 0.3 is 0 Å². The zero-order valence-electron chi connectivity index (χ0n) is 20.3. The molecule has 4 rings (SSSR count). The number of aromatic nitrogens is 3. The minimum Gasteiger partial charge on any atom is -0.339 e. The van der Waals surface area contributed by atoms with Gasteiger partial charge in [0.15, 0.2) is 0 Å². The fraction of sp³-hybridized carbons (Fsp3) is 0.600. The summed E-state index contributed by atoms with van der Waals surface area (Å²) < 4.78 is 1.78. The number of hydrogen-bond acceptors (Lipinski definition) is 5. The fourth-order valence-corrected chi connectivity index (χ4v) is 4.88. The van der Waals surface area contributed by atoms with Gasteiger partial charge in [0.25, 0.3) is 5.91 Å². The number of benzene rings is 1. The van der Waals surface area contributed by atoms with Gasteiger partial charge in [-0.3, -0.25) is 14.5 Å². The van der Waals surface area contributed by atoms with E-state index in [4.69, 9.17) is 0 Å². The number of piperidine rings is 1. The second-order valence-electron chi connectivity index (χ2n) is 9.61. The van der Waals surface area contributed by atoms with Crippen LogP contribution < -0.4 is 0 Å². The molecule has 3 heterocycles. The lowest BCUT2D eigenvalue weighted by Crippen LogP contribution is -2.53. The van der Waals surface area contributed by atoms with Gasteiger partial charge in [0, 0.05) is 38.8 Å². The molecule has 2 aliphatic rings. The average molecular weight is 453 g/mol. The summed E-state index contributed by atoms with van der Waals surface area (Å²) in [6, 6.07) is 8.44. The molecule has 1 aromatic heterocycles. The molecule has 8 nitrogen and oxygen atoms in total. The number of hydrogen-bond donors (Lipinski definition) is 0. The maximum Gasteiger partial charge on any atom is 0.293 e. The van der Waals surface area contributed by atoms with Crippen LogP contribution in [-0.4, -0.2) is 86.6 Å². The molecule has 0 aliphatic carbocycles. The van der Waals surface area contributed by atoms with Crippen molar-refractivity contribution < 1.29 is 9.59 Å². The molecule has 2 fully saturated rings. The fourth-order valence-electron chi connectivity index (χ4n) is 4.88. The topological polar surface area (TPSA) is 74.6 Å². The highest BCUT2D eigenvalue weighted by Crippen LogP contribution is 2.23. The highest BCUT2D eigenvalue weighted by atomic mass is 16.2. The molecule has 2 aliphatic heterocycles. The first-order valence-electron chi connectivity index (χ1n) is 12.2. The molecule has 1 unspecified atom stereocenters. The van der Waals surface area contributed by atoms with Gasteiger partial charge in [-0.25, -0.2) is 9.67 Å². The van der Waals surface area contributed by atoms with Gasteiger partial charge in [-0.2, -0.15) is 0 Å². The van der Waals surface area contributed by atoms with E-state index in [-0.39, 0.29) is 17.6 Å². The summed E-state index contributed by atoms with van der Waals surface area (Å²) in [4.78, 5) is 36.3. The van der Waals surface area contributed by atoms with Crippen LogP contribution in [0.5, 0.6) is 0 Å². The van der Waals surface area contributed by atoms with Crippen molar-refractivity contribution in [1.82, 2.24) is 29.5 Å². The second-order valence-corrected chi connectivity index (χ2v) is 9.61. The third-order valence-electron chi connectivity index (χ3n) is 6.89. The lowest BCUT2D eigenvalue weighted by atomic mass is 10.0. The number of nitrogens with zero attached hydrogens (tertiary/aromatic N) is 6. The first-order chi connectivity index (χ1) is 15.8. The van der Waals surface area contributed by atoms with Crippen LogP contribution in [0.2, 0.25) is 0 Å². The molecule has 1 aromatic carbocycles. The Balaban J connectivity index is 1.38. The minimum absolute atomic E-state index is 0.144. The van der Waals surface area contributed by atoms with Gasteiger partial charge in [-0.1, -0.05) is 32.0 Å². The number of carbonyl (C=O) groups is 2. The number of piperazine rings is 1. The Morgan fingerprint density at radius 2 is 1.79 bits per heavy atom. The van der Waals surface area contributed by atoms with E-state index in [1.807, 2.05) is 30.0 Å². The van der Waals surface area contributed by atoms with Crippen LogP contribution in [0, 0.1) is 6.92 Å². The van der Waals surface area contributed by atoms with Gasteiger partial charge in [0.1, 0.15) is 5.82 Å². The summed E-state index contributed by atoms with van der Waals surface area (Å²) in [5.41, 5.74) is 2.14. The van der Waals surface area contributed by atoms with E-state index in [9.17, 15) is 9.59 Å². The standard InChI is InChI=1S/C25H36N6O2/c1-18(2)21-10-5-6-11-22(21)31-20(4)26-24(27-31)25(33)29-15-13-28(14-16-29)17-23(32)30-12-8-7-9-19(30)3/h5-6,10-11,18-19H,7-9,12-17H2,1-4H3. The van der Waals surface area contributed by atoms with E-state index < -0.39 is 0 Å². The molecule has 2 amide bonds. The summed E-state index contributed by atoms with van der Waals surface area (Å²) in [5, 5.41) is 4.58. The van der Waals surface area contributed by atoms with Crippen LogP contribution >= 0.6 is 0 Å². The van der Waals surface area contributed by atoms with Crippen LogP contribution in [0.15, 0.2) is 24.3 Å². The van der Waals surface area contributed by atoms with Crippen LogP contribution in [0.4, 0.5) is 0 Å². The van der Waals surface area contributed by atoms with Crippen molar-refractivity contribution in [3.05, 3.63) is 41.5 Å². The molecule has 178 valence electrons. The Kier molecular flexibility index (Phi) is 7.12. The first-order valence-corrected chi connectivity index (χ1v) is 12.2. The van der Waals surface area contributed by atoms with Crippen LogP contribution in [-0.2, 0) is 4.79 Å². The number of carbonyl (C=O) groups excluding carboxylic acids is 2. The van der Waals surface area contributed by atoms with Crippen molar-refractivity contribution in [2.45, 2.75) is 58.9 Å². The zero-order chi connectivity index (χ0) is 23.5. The molecule has 0 spiro atoms. The van der Waals surface area contributed by atoms with Crippen molar-refractivity contribution in [2.24, 2.45) is 0 Å². The molecule has 2 saturated heterocycles. The van der Waals surface area contributed by atoms with Gasteiger partial charge in [0.05, 0.1) is 12.2 Å². The van der Waals surface area contributed by atoms with E-state index in [0.29, 0.717) is 50.5 Å². The maximum atomic E-state index is 13.1. The lowest BCUT2D eigenvalue weighted by molar-refractivity contribution is -0.136. The molecular weight excluding hydrogens is 416 g/mol. The van der Waals surface area contributed by atoms with Crippen molar-refractivity contribution in [2.75, 3.05) is 39.3 Å². The van der Waals surface area contributed by atoms with Crippen molar-refractivity contribution >= 4 is 11.8 Å². The number of likely N-dealkylation sites (tertiary alicyclic amines) is 1. The molecule has 8 heteroatoms. The number of aryl methyl sites for hydroxylation is 1. The maximum absolute atomic E-state index is 13.1. The highest BCUT2D eigenvalue weighted by molar-refractivity contribution is 5.90. The number of rotatable bonds is 5. The third kappa shape index (κ3) is 5.11. The molecule has 0 bridgehead atoms. The Morgan fingerprint density at radius 1 is 1.06 bits per heavy atom. The Hall–Kier alpha value is -2.74. The largest absolute Gasteiger partial charge is 0.339 e. The molecule has 0 radical (unpaired) electrons. The minimum atomic E-state index is -0.144. The summed E-state index contributed by atoms with van der Waals surface area (Å²) in [6.45, 7) is 12.2. The van der Waals surface area contributed by atoms with Gasteiger partial charge in [0.2, 0.25) is 11.7 Å². The van der Waals surface area contributed by atoms with E-state index in [1.165, 1.54) is 12.0 Å². The molecule has 1 atom stereocenters. The first kappa shape index (κ1) is 23.4. The van der Waals surface area contributed by atoms with E-state index in [1.54, 1.807) is 9.58 Å². The summed E-state index contributed by atoms with van der Waals surface area (Å²) in [6.07, 6.45) is 3.39. The normalized spacial score (nSPS) is 19.8. The van der Waals surface area contributed by atoms with Crippen LogP contribution in [0.1, 0.15) is 68.0 Å². The van der Waals surface area contributed by atoms with Gasteiger partial charge < -0.3 is 9.80 Å². The SMILES string of the molecule is Cc1nc(C(=O)N2CCN(CC(=O)N3CCCCC3C)CC2)nn1-c1ccccc1C(C)C. The van der Waals surface area contributed by atoms with E-state index in [0.717, 1.165) is 25.1 Å². The Labute approximate surface area is 196 Å².